The normalized spacial score (nSPS) is 18.9. The zero-order valence-electron chi connectivity index (χ0n) is 8.97. The molecule has 0 aromatic rings. The van der Waals surface area contributed by atoms with E-state index in [0.717, 1.165) is 13.1 Å². The number of likely N-dealkylation sites (tertiary alicyclic amines) is 1. The number of rotatable bonds is 7. The lowest BCUT2D eigenvalue weighted by atomic mass is 10.1. The Labute approximate surface area is 82.5 Å². The van der Waals surface area contributed by atoms with Gasteiger partial charge in [0.25, 0.3) is 0 Å². The first-order valence-corrected chi connectivity index (χ1v) is 5.81. The Balaban J connectivity index is 1.74. The van der Waals surface area contributed by atoms with Gasteiger partial charge in [0.2, 0.25) is 0 Å². The maximum Gasteiger partial charge on any atom is 0.0297 e. The molecular weight excluding hydrogens is 160 g/mol. The fourth-order valence-corrected chi connectivity index (χ4v) is 1.91. The summed E-state index contributed by atoms with van der Waals surface area (Å²) in [7, 11) is 0. The average molecular weight is 184 g/mol. The highest BCUT2D eigenvalue weighted by Crippen LogP contribution is 2.09. The minimum Gasteiger partial charge on any atom is -0.325 e. The van der Waals surface area contributed by atoms with Gasteiger partial charge in [-0.05, 0) is 13.0 Å². The third kappa shape index (κ3) is 4.63. The van der Waals surface area contributed by atoms with Gasteiger partial charge < -0.3 is 10.6 Å². The van der Waals surface area contributed by atoms with Gasteiger partial charge in [-0.25, -0.2) is 0 Å². The molecule has 1 aliphatic heterocycles. The number of unbranched alkanes of at least 4 members (excludes halogenated alkanes) is 5. The Bertz CT molecular complexity index is 119. The quantitative estimate of drug-likeness (QED) is 0.613. The lowest BCUT2D eigenvalue weighted by molar-refractivity contribution is 0.148. The van der Waals surface area contributed by atoms with Crippen LogP contribution in [-0.4, -0.2) is 30.6 Å². The average Bonchev–Trinajstić information content (AvgIpc) is 2.07. The van der Waals surface area contributed by atoms with E-state index in [4.69, 9.17) is 5.73 Å². The summed E-state index contributed by atoms with van der Waals surface area (Å²) in [5, 5.41) is 0. The van der Waals surface area contributed by atoms with Gasteiger partial charge in [0.1, 0.15) is 0 Å². The highest BCUT2D eigenvalue weighted by Gasteiger charge is 2.21. The molecule has 1 heterocycles. The molecule has 2 N–H and O–H groups in total. The van der Waals surface area contributed by atoms with E-state index in [0.29, 0.717) is 6.04 Å². The number of nitrogens with zero attached hydrogens (tertiary/aromatic N) is 1. The molecule has 1 saturated heterocycles. The first kappa shape index (κ1) is 11.0. The zero-order valence-corrected chi connectivity index (χ0v) is 8.97. The van der Waals surface area contributed by atoms with Gasteiger partial charge in [-0.1, -0.05) is 39.0 Å². The fraction of sp³-hybridized carbons (Fsp3) is 1.00. The second-order valence-corrected chi connectivity index (χ2v) is 4.29. The predicted molar refractivity (Wildman–Crippen MR) is 57.8 cm³/mol. The molecule has 0 amide bonds. The van der Waals surface area contributed by atoms with Gasteiger partial charge in [0.05, 0.1) is 0 Å². The molecule has 1 rings (SSSR count). The fourth-order valence-electron chi connectivity index (χ4n) is 1.91. The topological polar surface area (TPSA) is 29.3 Å². The van der Waals surface area contributed by atoms with Gasteiger partial charge in [-0.2, -0.15) is 0 Å². The second-order valence-electron chi connectivity index (χ2n) is 4.29. The molecule has 1 fully saturated rings. The van der Waals surface area contributed by atoms with E-state index in [1.54, 1.807) is 0 Å². The van der Waals surface area contributed by atoms with Gasteiger partial charge >= 0.3 is 0 Å². The van der Waals surface area contributed by atoms with Crippen molar-refractivity contribution in [2.45, 2.75) is 51.5 Å². The number of hydrogen-bond acceptors (Lipinski definition) is 2. The van der Waals surface area contributed by atoms with E-state index in [1.165, 1.54) is 45.1 Å². The molecule has 2 nitrogen and oxygen atoms in total. The molecule has 0 bridgehead atoms. The van der Waals surface area contributed by atoms with Crippen molar-refractivity contribution in [1.82, 2.24) is 4.90 Å². The molecule has 13 heavy (non-hydrogen) atoms. The monoisotopic (exact) mass is 184 g/mol. The van der Waals surface area contributed by atoms with Crippen LogP contribution in [0.3, 0.4) is 0 Å². The summed E-state index contributed by atoms with van der Waals surface area (Å²) < 4.78 is 0. The van der Waals surface area contributed by atoms with Crippen molar-refractivity contribution in [1.29, 1.82) is 0 Å². The van der Waals surface area contributed by atoms with Crippen molar-refractivity contribution < 1.29 is 0 Å². The standard InChI is InChI=1S/C11H24N2/c1-2-3-4-5-6-7-8-13-9-11(12)10-13/h11H,2-10,12H2,1H3. The van der Waals surface area contributed by atoms with Crippen molar-refractivity contribution in [3.63, 3.8) is 0 Å². The lowest BCUT2D eigenvalue weighted by Gasteiger charge is -2.36. The van der Waals surface area contributed by atoms with E-state index in [2.05, 4.69) is 11.8 Å². The SMILES string of the molecule is CCCCCCCCN1CC(N)C1. The summed E-state index contributed by atoms with van der Waals surface area (Å²) in [4.78, 5) is 2.46. The Kier molecular flexibility index (Phi) is 5.40. The first-order chi connectivity index (χ1) is 6.33. The van der Waals surface area contributed by atoms with Crippen LogP contribution < -0.4 is 5.73 Å². The van der Waals surface area contributed by atoms with E-state index < -0.39 is 0 Å². The molecule has 0 aliphatic carbocycles. The Morgan fingerprint density at radius 3 is 2.31 bits per heavy atom. The second kappa shape index (κ2) is 6.39. The molecule has 0 aromatic heterocycles. The molecule has 78 valence electrons. The van der Waals surface area contributed by atoms with Crippen molar-refractivity contribution >= 4 is 0 Å². The van der Waals surface area contributed by atoms with Crippen LogP contribution in [0.4, 0.5) is 0 Å². The van der Waals surface area contributed by atoms with Crippen molar-refractivity contribution in [3.05, 3.63) is 0 Å². The van der Waals surface area contributed by atoms with Gasteiger partial charge in [-0.15, -0.1) is 0 Å². The maximum atomic E-state index is 5.70. The minimum absolute atomic E-state index is 0.472. The van der Waals surface area contributed by atoms with Crippen LogP contribution in [-0.2, 0) is 0 Å². The summed E-state index contributed by atoms with van der Waals surface area (Å²) >= 11 is 0. The molecule has 0 aromatic carbocycles. The summed E-state index contributed by atoms with van der Waals surface area (Å²) in [5.41, 5.74) is 5.70. The van der Waals surface area contributed by atoms with Crippen LogP contribution in [0.1, 0.15) is 45.4 Å². The van der Waals surface area contributed by atoms with Crippen LogP contribution in [0.25, 0.3) is 0 Å². The molecule has 0 unspecified atom stereocenters. The lowest BCUT2D eigenvalue weighted by Crippen LogP contribution is -2.55. The summed E-state index contributed by atoms with van der Waals surface area (Å²) in [6, 6.07) is 0.472. The smallest absolute Gasteiger partial charge is 0.0297 e. The largest absolute Gasteiger partial charge is 0.325 e. The van der Waals surface area contributed by atoms with Gasteiger partial charge in [0.15, 0.2) is 0 Å². The van der Waals surface area contributed by atoms with E-state index in [9.17, 15) is 0 Å². The van der Waals surface area contributed by atoms with Crippen LogP contribution in [0.5, 0.6) is 0 Å². The summed E-state index contributed by atoms with van der Waals surface area (Å²) in [6.45, 7) is 5.81. The maximum absolute atomic E-state index is 5.70. The van der Waals surface area contributed by atoms with E-state index in [-0.39, 0.29) is 0 Å². The molecule has 2 heteroatoms. The minimum atomic E-state index is 0.472. The van der Waals surface area contributed by atoms with Gasteiger partial charge in [0, 0.05) is 19.1 Å². The Morgan fingerprint density at radius 2 is 1.69 bits per heavy atom. The molecule has 0 spiro atoms. The molecule has 0 atom stereocenters. The van der Waals surface area contributed by atoms with Crippen molar-refractivity contribution in [2.24, 2.45) is 5.73 Å². The van der Waals surface area contributed by atoms with E-state index >= 15 is 0 Å². The molecule has 1 aliphatic rings. The van der Waals surface area contributed by atoms with Crippen LogP contribution in [0.2, 0.25) is 0 Å². The summed E-state index contributed by atoms with van der Waals surface area (Å²) in [5.74, 6) is 0. The van der Waals surface area contributed by atoms with E-state index in [1.807, 2.05) is 0 Å². The van der Waals surface area contributed by atoms with Crippen molar-refractivity contribution in [3.8, 4) is 0 Å². The molecule has 0 radical (unpaired) electrons. The van der Waals surface area contributed by atoms with Crippen LogP contribution in [0, 0.1) is 0 Å². The highest BCUT2D eigenvalue weighted by molar-refractivity contribution is 4.81. The predicted octanol–water partition coefficient (Wildman–Crippen LogP) is 1.99. The Morgan fingerprint density at radius 1 is 1.08 bits per heavy atom. The zero-order chi connectivity index (χ0) is 9.52. The van der Waals surface area contributed by atoms with Crippen LogP contribution >= 0.6 is 0 Å². The molecule has 0 saturated carbocycles. The van der Waals surface area contributed by atoms with Gasteiger partial charge in [-0.3, -0.25) is 0 Å². The summed E-state index contributed by atoms with van der Waals surface area (Å²) in [6.07, 6.45) is 8.39. The highest BCUT2D eigenvalue weighted by atomic mass is 15.2. The third-order valence-electron chi connectivity index (χ3n) is 2.81. The number of hydrogen-bond donors (Lipinski definition) is 1. The third-order valence-corrected chi connectivity index (χ3v) is 2.81. The Hall–Kier alpha value is -0.0800. The molecular formula is C11H24N2. The van der Waals surface area contributed by atoms with Crippen LogP contribution in [0.15, 0.2) is 0 Å². The first-order valence-electron chi connectivity index (χ1n) is 5.81. The van der Waals surface area contributed by atoms with Crippen molar-refractivity contribution in [2.75, 3.05) is 19.6 Å². The number of nitrogens with two attached hydrogens (primary N) is 1.